The van der Waals surface area contributed by atoms with Crippen LogP contribution in [0.25, 0.3) is 0 Å². The molecule has 1 aromatic carbocycles. The summed E-state index contributed by atoms with van der Waals surface area (Å²) in [6.45, 7) is 12.3. The Bertz CT molecular complexity index is 1200. The van der Waals surface area contributed by atoms with Crippen LogP contribution in [0, 0.1) is 23.2 Å². The van der Waals surface area contributed by atoms with Crippen molar-refractivity contribution in [3.63, 3.8) is 0 Å². The van der Waals surface area contributed by atoms with E-state index in [2.05, 4.69) is 46.8 Å². The number of nitrogens with one attached hydrogen (secondary N) is 4. The Morgan fingerprint density at radius 3 is 2.41 bits per heavy atom. The molecular formula is C32H49BN4O7. The van der Waals surface area contributed by atoms with Crippen molar-refractivity contribution >= 4 is 31.3 Å². The molecule has 0 spiro atoms. The topological polar surface area (TPSA) is 144 Å². The van der Waals surface area contributed by atoms with Crippen LogP contribution in [0.2, 0.25) is 0 Å². The summed E-state index contributed by atoms with van der Waals surface area (Å²) in [4.78, 5) is 51.4. The molecule has 4 fully saturated rings. The Morgan fingerprint density at radius 2 is 1.82 bits per heavy atom. The fourth-order valence-corrected chi connectivity index (χ4v) is 7.24. The van der Waals surface area contributed by atoms with Crippen LogP contribution >= 0.6 is 0 Å². The zero-order valence-electron chi connectivity index (χ0n) is 27.1. The Labute approximate surface area is 261 Å². The molecule has 4 N–H and O–H groups in total. The smallest absolute Gasteiger partial charge is 0.453 e. The maximum Gasteiger partial charge on any atom is 0.472 e. The quantitative estimate of drug-likeness (QED) is 0.185. The average Bonchev–Trinajstić information content (AvgIpc) is 3.34. The van der Waals surface area contributed by atoms with E-state index in [0.717, 1.165) is 24.7 Å². The molecule has 3 amide bonds. The highest BCUT2D eigenvalue weighted by Crippen LogP contribution is 2.65. The molecule has 5 rings (SSSR count). The van der Waals surface area contributed by atoms with Gasteiger partial charge in [-0.3, -0.25) is 9.59 Å². The van der Waals surface area contributed by atoms with Gasteiger partial charge in [-0.1, -0.05) is 65.0 Å². The summed E-state index contributed by atoms with van der Waals surface area (Å²) >= 11 is 0. The Balaban J connectivity index is 1.41. The van der Waals surface area contributed by atoms with Crippen LogP contribution in [0.1, 0.15) is 66.4 Å². The molecule has 4 aliphatic rings. The van der Waals surface area contributed by atoms with Crippen molar-refractivity contribution in [2.45, 2.75) is 96.6 Å². The van der Waals surface area contributed by atoms with Crippen molar-refractivity contribution in [2.24, 2.45) is 23.2 Å². The number of carbonyl (C=O) groups is 4. The first-order chi connectivity index (χ1) is 20.8. The third-order valence-corrected chi connectivity index (χ3v) is 10.3. The van der Waals surface area contributed by atoms with Crippen LogP contribution < -0.4 is 21.3 Å². The van der Waals surface area contributed by atoms with E-state index in [1.54, 1.807) is 13.8 Å². The number of amides is 3. The summed E-state index contributed by atoms with van der Waals surface area (Å²) < 4.78 is 17.5. The second-order valence-corrected chi connectivity index (χ2v) is 13.8. The van der Waals surface area contributed by atoms with Crippen LogP contribution in [0.15, 0.2) is 30.3 Å². The van der Waals surface area contributed by atoms with E-state index >= 15 is 0 Å². The van der Waals surface area contributed by atoms with E-state index in [1.807, 2.05) is 37.3 Å². The van der Waals surface area contributed by atoms with Gasteiger partial charge in [0.05, 0.1) is 18.8 Å². The molecule has 3 unspecified atom stereocenters. The summed E-state index contributed by atoms with van der Waals surface area (Å²) in [5.41, 5.74) is -0.484. The SMILES string of the molecule is CC[C@](C=O)(CNCB1O[C@@H]2CC3CC(C3(C)C)[C@]2(C)O1)NC(=O)C(Cc1ccccc1)NC(=O)[C@@H](NC(=O)OC)C(C)C. The standard InChI is InChI=1S/C32H49BN4O7/c1-8-32(18-38,17-34-19-33-43-25-16-22-15-24(30(22,4)5)31(25,6)44-33)37-27(39)23(14-21-12-10-9-11-13-21)35-28(40)26(20(2)3)36-29(41)42-7/h9-13,18,20,22-26,34H,8,14-17,19H2,1-7H3,(H,35,40)(H,36,41)(H,37,39)/t22?,23?,24?,25-,26+,31+,32-/m1/s1. The first-order valence-electron chi connectivity index (χ1n) is 15.8. The molecule has 3 saturated carbocycles. The Hall–Kier alpha value is -2.96. The van der Waals surface area contributed by atoms with Crippen LogP contribution in [0.4, 0.5) is 4.79 Å². The van der Waals surface area contributed by atoms with Gasteiger partial charge in [-0.15, -0.1) is 0 Å². The molecule has 1 aliphatic heterocycles. The van der Waals surface area contributed by atoms with Gasteiger partial charge >= 0.3 is 13.2 Å². The van der Waals surface area contributed by atoms with Gasteiger partial charge < -0.3 is 40.1 Å². The third kappa shape index (κ3) is 6.97. The van der Waals surface area contributed by atoms with Crippen molar-refractivity contribution in [3.05, 3.63) is 35.9 Å². The number of methoxy groups -OCH3 is 1. The predicted octanol–water partition coefficient (Wildman–Crippen LogP) is 2.42. The second-order valence-electron chi connectivity index (χ2n) is 13.8. The average molecular weight is 613 g/mol. The lowest BCUT2D eigenvalue weighted by Gasteiger charge is -2.64. The van der Waals surface area contributed by atoms with Gasteiger partial charge in [0.1, 0.15) is 23.9 Å². The zero-order chi connectivity index (χ0) is 32.3. The lowest BCUT2D eigenvalue weighted by atomic mass is 9.43. The number of carbonyl (C=O) groups excluding carboxylic acids is 4. The van der Waals surface area contributed by atoms with Gasteiger partial charge in [0.25, 0.3) is 0 Å². The number of hydrogen-bond donors (Lipinski definition) is 4. The van der Waals surface area contributed by atoms with E-state index < -0.39 is 42.6 Å². The first-order valence-corrected chi connectivity index (χ1v) is 15.8. The maximum absolute atomic E-state index is 13.7. The van der Waals surface area contributed by atoms with Crippen LogP contribution in [0.5, 0.6) is 0 Å². The van der Waals surface area contributed by atoms with Gasteiger partial charge in [0.15, 0.2) is 0 Å². The van der Waals surface area contributed by atoms with E-state index in [-0.39, 0.29) is 36.0 Å². The van der Waals surface area contributed by atoms with Crippen LogP contribution in [0.3, 0.4) is 0 Å². The minimum atomic E-state index is -1.22. The molecule has 2 bridgehead atoms. The lowest BCUT2D eigenvalue weighted by molar-refractivity contribution is -0.199. The first kappa shape index (κ1) is 33.9. The summed E-state index contributed by atoms with van der Waals surface area (Å²) in [5.74, 6) is -0.212. The number of ether oxygens (including phenoxy) is 1. The number of aldehydes is 1. The Morgan fingerprint density at radius 1 is 1.11 bits per heavy atom. The minimum Gasteiger partial charge on any atom is -0.453 e. The molecular weight excluding hydrogens is 563 g/mol. The van der Waals surface area contributed by atoms with Gasteiger partial charge in [-0.25, -0.2) is 4.79 Å². The fraction of sp³-hybridized carbons (Fsp3) is 0.688. The van der Waals surface area contributed by atoms with Gasteiger partial charge in [0, 0.05) is 19.4 Å². The van der Waals surface area contributed by atoms with Crippen molar-refractivity contribution in [2.75, 3.05) is 20.1 Å². The molecule has 12 heteroatoms. The molecule has 0 aromatic heterocycles. The highest BCUT2D eigenvalue weighted by molar-refractivity contribution is 6.45. The Kier molecular flexibility index (Phi) is 10.5. The minimum absolute atomic E-state index is 0.0541. The number of hydrogen-bond acceptors (Lipinski definition) is 8. The van der Waals surface area contributed by atoms with Gasteiger partial charge in [0.2, 0.25) is 11.8 Å². The number of alkyl carbamates (subject to hydrolysis) is 1. The summed E-state index contributed by atoms with van der Waals surface area (Å²) in [6.07, 6.45) is 3.08. The van der Waals surface area contributed by atoms with Gasteiger partial charge in [-0.2, -0.15) is 0 Å². The highest BCUT2D eigenvalue weighted by atomic mass is 16.7. The molecule has 0 radical (unpaired) electrons. The maximum atomic E-state index is 13.7. The van der Waals surface area contributed by atoms with Crippen molar-refractivity contribution < 1.29 is 33.2 Å². The second kappa shape index (κ2) is 13.6. The highest BCUT2D eigenvalue weighted by Gasteiger charge is 2.67. The molecule has 7 atom stereocenters. The zero-order valence-corrected chi connectivity index (χ0v) is 27.1. The van der Waals surface area contributed by atoms with Crippen LogP contribution in [-0.2, 0) is 34.9 Å². The van der Waals surface area contributed by atoms with Crippen LogP contribution in [-0.4, -0.2) is 80.7 Å². The lowest BCUT2D eigenvalue weighted by Crippen LogP contribution is -2.65. The van der Waals surface area contributed by atoms with Crippen molar-refractivity contribution in [1.29, 1.82) is 0 Å². The number of benzene rings is 1. The molecule has 44 heavy (non-hydrogen) atoms. The van der Waals surface area contributed by atoms with E-state index in [4.69, 9.17) is 9.31 Å². The molecule has 1 aromatic rings. The predicted molar refractivity (Wildman–Crippen MR) is 166 cm³/mol. The summed E-state index contributed by atoms with van der Waals surface area (Å²) in [6, 6.07) is 7.35. The van der Waals surface area contributed by atoms with Crippen molar-refractivity contribution in [1.82, 2.24) is 21.3 Å². The third-order valence-electron chi connectivity index (χ3n) is 10.3. The van der Waals surface area contributed by atoms with E-state index in [0.29, 0.717) is 24.7 Å². The summed E-state index contributed by atoms with van der Waals surface area (Å²) in [5, 5.41) is 11.5. The normalized spacial score (nSPS) is 27.6. The monoisotopic (exact) mass is 612 g/mol. The largest absolute Gasteiger partial charge is 0.472 e. The summed E-state index contributed by atoms with van der Waals surface area (Å²) in [7, 11) is 0.771. The van der Waals surface area contributed by atoms with E-state index in [9.17, 15) is 19.2 Å². The molecule has 242 valence electrons. The molecule has 1 saturated heterocycles. The number of rotatable bonds is 14. The van der Waals surface area contributed by atoms with Crippen molar-refractivity contribution in [3.8, 4) is 0 Å². The van der Waals surface area contributed by atoms with E-state index in [1.165, 1.54) is 7.11 Å². The fourth-order valence-electron chi connectivity index (χ4n) is 7.24. The van der Waals surface area contributed by atoms with Gasteiger partial charge in [-0.05, 0) is 54.9 Å². The molecule has 1 heterocycles. The molecule has 3 aliphatic carbocycles. The molecule has 11 nitrogen and oxygen atoms in total.